The van der Waals surface area contributed by atoms with Crippen molar-refractivity contribution in [2.24, 2.45) is 0 Å². The summed E-state index contributed by atoms with van der Waals surface area (Å²) < 4.78 is 5.56. The third kappa shape index (κ3) is 4.75. The average molecular weight is 347 g/mol. The van der Waals surface area contributed by atoms with Crippen molar-refractivity contribution < 1.29 is 14.6 Å². The monoisotopic (exact) mass is 346 g/mol. The van der Waals surface area contributed by atoms with E-state index in [2.05, 4.69) is 6.92 Å². The van der Waals surface area contributed by atoms with E-state index < -0.39 is 11.9 Å². The maximum absolute atomic E-state index is 11.7. The van der Waals surface area contributed by atoms with Gasteiger partial charge in [-0.25, -0.2) is 0 Å². The van der Waals surface area contributed by atoms with E-state index in [1.165, 1.54) is 5.56 Å². The Morgan fingerprint density at radius 2 is 1.79 bits per heavy atom. The van der Waals surface area contributed by atoms with Crippen LogP contribution < -0.4 is 4.74 Å². The maximum Gasteiger partial charge on any atom is 0.311 e. The lowest BCUT2D eigenvalue weighted by Gasteiger charge is -2.15. The van der Waals surface area contributed by atoms with Gasteiger partial charge in [-0.2, -0.15) is 0 Å². The van der Waals surface area contributed by atoms with Crippen molar-refractivity contribution in [2.45, 2.75) is 39.0 Å². The van der Waals surface area contributed by atoms with Gasteiger partial charge in [-0.1, -0.05) is 55.8 Å². The molecular formula is C20H23ClO3. The van der Waals surface area contributed by atoms with E-state index in [9.17, 15) is 9.90 Å². The topological polar surface area (TPSA) is 46.5 Å². The molecule has 0 radical (unpaired) electrons. The molecule has 0 heterocycles. The Morgan fingerprint density at radius 1 is 1.12 bits per heavy atom. The molecule has 0 aliphatic rings. The van der Waals surface area contributed by atoms with Gasteiger partial charge in [0.25, 0.3) is 0 Å². The van der Waals surface area contributed by atoms with Crippen LogP contribution in [0.2, 0.25) is 5.02 Å². The van der Waals surface area contributed by atoms with Crippen molar-refractivity contribution in [3.05, 3.63) is 64.2 Å². The fraction of sp³-hybridized carbons (Fsp3) is 0.350. The number of aliphatic carboxylic acids is 1. The van der Waals surface area contributed by atoms with E-state index in [4.69, 9.17) is 16.3 Å². The Morgan fingerprint density at radius 3 is 2.33 bits per heavy atom. The average Bonchev–Trinajstić information content (AvgIpc) is 2.59. The van der Waals surface area contributed by atoms with Crippen LogP contribution in [0.3, 0.4) is 0 Å². The molecule has 128 valence electrons. The lowest BCUT2D eigenvalue weighted by Crippen LogP contribution is -2.14. The Bertz CT molecular complexity index is 680. The van der Waals surface area contributed by atoms with Crippen molar-refractivity contribution in [3.8, 4) is 5.75 Å². The van der Waals surface area contributed by atoms with Crippen molar-refractivity contribution in [2.75, 3.05) is 6.61 Å². The van der Waals surface area contributed by atoms with E-state index in [0.29, 0.717) is 23.8 Å². The molecule has 0 saturated heterocycles. The van der Waals surface area contributed by atoms with Gasteiger partial charge in [0.15, 0.2) is 0 Å². The van der Waals surface area contributed by atoms with E-state index in [-0.39, 0.29) is 0 Å². The van der Waals surface area contributed by atoms with Crippen LogP contribution in [0.15, 0.2) is 42.5 Å². The largest absolute Gasteiger partial charge is 0.492 e. The van der Waals surface area contributed by atoms with E-state index in [1.807, 2.05) is 43.3 Å². The highest BCUT2D eigenvalue weighted by Crippen LogP contribution is 2.29. The Balaban J connectivity index is 2.18. The normalized spacial score (nSPS) is 12.0. The first-order chi connectivity index (χ1) is 11.5. The summed E-state index contributed by atoms with van der Waals surface area (Å²) in [6.45, 7) is 4.72. The summed E-state index contributed by atoms with van der Waals surface area (Å²) in [6.07, 6.45) is 2.24. The molecular weight excluding hydrogens is 324 g/mol. The molecule has 1 atom stereocenters. The van der Waals surface area contributed by atoms with Gasteiger partial charge in [0.2, 0.25) is 0 Å². The number of hydrogen-bond acceptors (Lipinski definition) is 2. The molecule has 24 heavy (non-hydrogen) atoms. The molecule has 0 saturated carbocycles. The quantitative estimate of drug-likeness (QED) is 0.723. The molecule has 4 heteroatoms. The highest BCUT2D eigenvalue weighted by molar-refractivity contribution is 6.32. The van der Waals surface area contributed by atoms with Crippen molar-refractivity contribution >= 4 is 17.6 Å². The molecule has 0 spiro atoms. The number of ether oxygens (including phenoxy) is 1. The predicted molar refractivity (Wildman–Crippen MR) is 97.1 cm³/mol. The molecule has 2 aromatic carbocycles. The Kier molecular flexibility index (Phi) is 6.68. The first-order valence-corrected chi connectivity index (χ1v) is 8.65. The number of halogens is 1. The zero-order valence-corrected chi connectivity index (χ0v) is 14.8. The van der Waals surface area contributed by atoms with Crippen molar-refractivity contribution in [1.29, 1.82) is 0 Å². The summed E-state index contributed by atoms with van der Waals surface area (Å²) in [7, 11) is 0. The lowest BCUT2D eigenvalue weighted by atomic mass is 9.91. The standard InChI is InChI=1S/C20H23ClO3/c1-3-11-24-19-10-7-15(13-18(19)21)12-17(20(22)23)16-8-5-14(4-2)6-9-16/h5-10,13,17H,3-4,11-12H2,1-2H3,(H,22,23). The summed E-state index contributed by atoms with van der Waals surface area (Å²) in [5, 5.41) is 10.1. The minimum atomic E-state index is -0.832. The molecule has 1 N–H and O–H groups in total. The third-order valence-corrected chi connectivity index (χ3v) is 4.28. The second-order valence-corrected chi connectivity index (χ2v) is 6.21. The number of rotatable bonds is 8. The molecule has 0 aliphatic carbocycles. The minimum Gasteiger partial charge on any atom is -0.492 e. The Hall–Kier alpha value is -2.00. The van der Waals surface area contributed by atoms with Crippen LogP contribution in [-0.4, -0.2) is 17.7 Å². The van der Waals surface area contributed by atoms with Gasteiger partial charge in [-0.05, 0) is 48.1 Å². The first kappa shape index (κ1) is 18.3. The molecule has 2 rings (SSSR count). The van der Waals surface area contributed by atoms with Crippen LogP contribution >= 0.6 is 11.6 Å². The second-order valence-electron chi connectivity index (χ2n) is 5.80. The summed E-state index contributed by atoms with van der Waals surface area (Å²) in [6, 6.07) is 13.3. The SMILES string of the molecule is CCCOc1ccc(CC(C(=O)O)c2ccc(CC)cc2)cc1Cl. The number of aryl methyl sites for hydroxylation is 1. The van der Waals surface area contributed by atoms with Gasteiger partial charge in [-0.3, -0.25) is 4.79 Å². The number of hydrogen-bond donors (Lipinski definition) is 1. The smallest absolute Gasteiger partial charge is 0.311 e. The molecule has 3 nitrogen and oxygen atoms in total. The molecule has 0 amide bonds. The zero-order valence-electron chi connectivity index (χ0n) is 14.1. The predicted octanol–water partition coefficient (Wildman–Crippen LogP) is 5.10. The Labute approximate surface area is 148 Å². The highest BCUT2D eigenvalue weighted by Gasteiger charge is 2.20. The fourth-order valence-electron chi connectivity index (χ4n) is 2.57. The summed E-state index contributed by atoms with van der Waals surface area (Å²) in [4.78, 5) is 11.7. The van der Waals surface area contributed by atoms with E-state index in [1.54, 1.807) is 6.07 Å². The summed E-state index contributed by atoms with van der Waals surface area (Å²) in [5.41, 5.74) is 2.89. The van der Waals surface area contributed by atoms with Crippen molar-refractivity contribution in [3.63, 3.8) is 0 Å². The number of carbonyl (C=O) groups is 1. The van der Waals surface area contributed by atoms with Crippen LogP contribution in [0.5, 0.6) is 5.75 Å². The first-order valence-electron chi connectivity index (χ1n) is 8.28. The van der Waals surface area contributed by atoms with Crippen LogP contribution in [0, 0.1) is 0 Å². The number of carboxylic acid groups (broad SMARTS) is 1. The van der Waals surface area contributed by atoms with Gasteiger partial charge in [0.1, 0.15) is 5.75 Å². The summed E-state index contributed by atoms with van der Waals surface area (Å²) in [5.74, 6) is -0.780. The molecule has 0 aliphatic heterocycles. The zero-order chi connectivity index (χ0) is 17.5. The van der Waals surface area contributed by atoms with Crippen LogP contribution in [0.25, 0.3) is 0 Å². The number of benzene rings is 2. The molecule has 2 aromatic rings. The second kappa shape index (κ2) is 8.74. The maximum atomic E-state index is 11.7. The van der Waals surface area contributed by atoms with Gasteiger partial charge in [0, 0.05) is 0 Å². The molecule has 0 bridgehead atoms. The van der Waals surface area contributed by atoms with E-state index in [0.717, 1.165) is 24.0 Å². The molecule has 1 unspecified atom stereocenters. The molecule has 0 aromatic heterocycles. The minimum absolute atomic E-state index is 0.397. The van der Waals surface area contributed by atoms with Crippen molar-refractivity contribution in [1.82, 2.24) is 0 Å². The highest BCUT2D eigenvalue weighted by atomic mass is 35.5. The van der Waals surface area contributed by atoms with Crippen LogP contribution in [-0.2, 0) is 17.6 Å². The summed E-state index contributed by atoms with van der Waals surface area (Å²) >= 11 is 6.24. The van der Waals surface area contributed by atoms with Gasteiger partial charge >= 0.3 is 5.97 Å². The lowest BCUT2D eigenvalue weighted by molar-refractivity contribution is -0.138. The van der Waals surface area contributed by atoms with E-state index >= 15 is 0 Å². The number of carboxylic acids is 1. The van der Waals surface area contributed by atoms with Crippen LogP contribution in [0.1, 0.15) is 42.9 Å². The van der Waals surface area contributed by atoms with Gasteiger partial charge in [-0.15, -0.1) is 0 Å². The third-order valence-electron chi connectivity index (χ3n) is 3.99. The van der Waals surface area contributed by atoms with Gasteiger partial charge < -0.3 is 9.84 Å². The molecule has 0 fully saturated rings. The fourth-order valence-corrected chi connectivity index (χ4v) is 2.83. The van der Waals surface area contributed by atoms with Crippen LogP contribution in [0.4, 0.5) is 0 Å². The van der Waals surface area contributed by atoms with Gasteiger partial charge in [0.05, 0.1) is 17.5 Å².